The second kappa shape index (κ2) is 2.31. The van der Waals surface area contributed by atoms with Crippen molar-refractivity contribution in [3.05, 3.63) is 23.5 Å². The van der Waals surface area contributed by atoms with E-state index >= 15 is 0 Å². The quantitative estimate of drug-likeness (QED) is 0.625. The van der Waals surface area contributed by atoms with Crippen LogP contribution in [-0.2, 0) is 0 Å². The lowest BCUT2D eigenvalue weighted by molar-refractivity contribution is -0.287. The lowest BCUT2D eigenvalue weighted by Crippen LogP contribution is -2.26. The van der Waals surface area contributed by atoms with Gasteiger partial charge in [0.2, 0.25) is 5.75 Å². The van der Waals surface area contributed by atoms with Crippen LogP contribution in [-0.4, -0.2) is 6.29 Å². The van der Waals surface area contributed by atoms with Crippen molar-refractivity contribution in [2.75, 3.05) is 0 Å². The number of rotatable bonds is 0. The first-order valence-corrected chi connectivity index (χ1v) is 3.54. The van der Waals surface area contributed by atoms with Crippen LogP contribution in [0.1, 0.15) is 5.56 Å². The van der Waals surface area contributed by atoms with Crippen molar-refractivity contribution < 1.29 is 22.6 Å². The fraction of sp³-hybridized carbons (Fsp3) is 0.250. The van der Waals surface area contributed by atoms with Crippen LogP contribution in [0.4, 0.5) is 13.2 Å². The maximum absolute atomic E-state index is 13.0. The van der Waals surface area contributed by atoms with Crippen LogP contribution in [0.3, 0.4) is 0 Å². The van der Waals surface area contributed by atoms with Gasteiger partial charge in [0, 0.05) is 0 Å². The molecule has 0 saturated heterocycles. The fourth-order valence-electron chi connectivity index (χ4n) is 1.14. The average molecular weight is 190 g/mol. The topological polar surface area (TPSA) is 18.5 Å². The van der Waals surface area contributed by atoms with Gasteiger partial charge in [0.05, 0.1) is 0 Å². The lowest BCUT2D eigenvalue weighted by atomic mass is 10.2. The highest BCUT2D eigenvalue weighted by Crippen LogP contribution is 2.43. The van der Waals surface area contributed by atoms with Gasteiger partial charge >= 0.3 is 6.29 Å². The minimum absolute atomic E-state index is 0.262. The average Bonchev–Trinajstić information content (AvgIpc) is 2.23. The van der Waals surface area contributed by atoms with E-state index in [4.69, 9.17) is 0 Å². The third kappa shape index (κ3) is 1.30. The molecule has 0 spiro atoms. The van der Waals surface area contributed by atoms with E-state index < -0.39 is 17.9 Å². The van der Waals surface area contributed by atoms with Gasteiger partial charge in [-0.15, -0.1) is 8.78 Å². The molecule has 0 aromatic heterocycles. The molecule has 1 aromatic carbocycles. The molecule has 1 aliphatic heterocycles. The second-order valence-electron chi connectivity index (χ2n) is 2.74. The Morgan fingerprint density at radius 1 is 1.23 bits per heavy atom. The number of halogens is 3. The van der Waals surface area contributed by atoms with Gasteiger partial charge in [-0.1, -0.05) is 0 Å². The molecule has 1 heterocycles. The van der Waals surface area contributed by atoms with Crippen molar-refractivity contribution in [3.63, 3.8) is 0 Å². The predicted octanol–water partition coefficient (Wildman–Crippen LogP) is 2.46. The highest BCUT2D eigenvalue weighted by atomic mass is 19.3. The molecule has 1 aromatic rings. The Kier molecular flexibility index (Phi) is 1.46. The predicted molar refractivity (Wildman–Crippen MR) is 37.3 cm³/mol. The maximum Gasteiger partial charge on any atom is 0.586 e. The zero-order valence-corrected chi connectivity index (χ0v) is 6.61. The van der Waals surface area contributed by atoms with Gasteiger partial charge in [0.25, 0.3) is 0 Å². The summed E-state index contributed by atoms with van der Waals surface area (Å²) < 4.78 is 45.8. The normalized spacial score (nSPS) is 17.5. The molecule has 13 heavy (non-hydrogen) atoms. The van der Waals surface area contributed by atoms with Crippen molar-refractivity contribution in [1.29, 1.82) is 0 Å². The van der Waals surface area contributed by atoms with Gasteiger partial charge in [0.1, 0.15) is 0 Å². The van der Waals surface area contributed by atoms with Gasteiger partial charge in [-0.05, 0) is 24.6 Å². The Morgan fingerprint density at radius 2 is 1.92 bits per heavy atom. The molecule has 2 nitrogen and oxygen atoms in total. The van der Waals surface area contributed by atoms with Crippen LogP contribution in [0.2, 0.25) is 0 Å². The highest BCUT2D eigenvalue weighted by molar-refractivity contribution is 5.46. The smallest absolute Gasteiger partial charge is 0.395 e. The second-order valence-corrected chi connectivity index (χ2v) is 2.74. The molecule has 2 rings (SSSR count). The van der Waals surface area contributed by atoms with E-state index in [0.717, 1.165) is 6.07 Å². The van der Waals surface area contributed by atoms with Crippen LogP contribution in [0.15, 0.2) is 12.1 Å². The lowest BCUT2D eigenvalue weighted by Gasteiger charge is -2.04. The van der Waals surface area contributed by atoms with Crippen molar-refractivity contribution in [1.82, 2.24) is 0 Å². The Hall–Kier alpha value is -1.39. The van der Waals surface area contributed by atoms with E-state index in [0.29, 0.717) is 5.56 Å². The van der Waals surface area contributed by atoms with Gasteiger partial charge in [-0.3, -0.25) is 0 Å². The first-order chi connectivity index (χ1) is 5.98. The largest absolute Gasteiger partial charge is 0.586 e. The Bertz CT molecular complexity index is 363. The molecule has 1 aliphatic rings. The third-order valence-corrected chi connectivity index (χ3v) is 1.60. The molecule has 0 bridgehead atoms. The van der Waals surface area contributed by atoms with Crippen molar-refractivity contribution in [3.8, 4) is 11.5 Å². The summed E-state index contributed by atoms with van der Waals surface area (Å²) in [7, 11) is 0. The SMILES string of the molecule is Cc1cc(F)c2c(c1)OC(F)(F)O2. The molecule has 5 heteroatoms. The highest BCUT2D eigenvalue weighted by Gasteiger charge is 2.44. The van der Waals surface area contributed by atoms with Crippen molar-refractivity contribution in [2.45, 2.75) is 13.2 Å². The Balaban J connectivity index is 2.52. The number of alkyl halides is 2. The van der Waals surface area contributed by atoms with E-state index in [-0.39, 0.29) is 5.75 Å². The standard InChI is InChI=1S/C8H5F3O2/c1-4-2-5(9)7-6(3-4)12-8(10,11)13-7/h2-3H,1H3. The molecule has 0 N–H and O–H groups in total. The van der Waals surface area contributed by atoms with Gasteiger partial charge in [0.15, 0.2) is 11.6 Å². The van der Waals surface area contributed by atoms with Gasteiger partial charge in [-0.2, -0.15) is 0 Å². The molecule has 0 atom stereocenters. The van der Waals surface area contributed by atoms with Crippen LogP contribution in [0.5, 0.6) is 11.5 Å². The van der Waals surface area contributed by atoms with E-state index in [1.54, 1.807) is 6.92 Å². The minimum Gasteiger partial charge on any atom is -0.395 e. The molecule has 0 aliphatic carbocycles. The summed E-state index contributed by atoms with van der Waals surface area (Å²) in [5, 5.41) is 0. The molecule has 0 amide bonds. The zero-order chi connectivity index (χ0) is 9.64. The number of ether oxygens (including phenoxy) is 2. The Morgan fingerprint density at radius 3 is 2.62 bits per heavy atom. The fourth-order valence-corrected chi connectivity index (χ4v) is 1.14. The molecule has 0 unspecified atom stereocenters. The summed E-state index contributed by atoms with van der Waals surface area (Å²) in [5.74, 6) is -1.63. The Labute approximate surface area is 71.9 Å². The molecule has 70 valence electrons. The van der Waals surface area contributed by atoms with E-state index in [9.17, 15) is 13.2 Å². The van der Waals surface area contributed by atoms with E-state index in [1.165, 1.54) is 6.07 Å². The number of hydrogen-bond donors (Lipinski definition) is 0. The minimum atomic E-state index is -3.75. The van der Waals surface area contributed by atoms with Gasteiger partial charge in [-0.25, -0.2) is 4.39 Å². The maximum atomic E-state index is 13.0. The summed E-state index contributed by atoms with van der Waals surface area (Å²) in [6.07, 6.45) is -3.75. The summed E-state index contributed by atoms with van der Waals surface area (Å²) in [5.41, 5.74) is 0.498. The number of benzene rings is 1. The van der Waals surface area contributed by atoms with Crippen LogP contribution in [0, 0.1) is 12.7 Å². The zero-order valence-electron chi connectivity index (χ0n) is 6.61. The summed E-state index contributed by atoms with van der Waals surface area (Å²) >= 11 is 0. The molecular weight excluding hydrogens is 185 g/mol. The molecule has 0 saturated carbocycles. The number of hydrogen-bond acceptors (Lipinski definition) is 2. The monoisotopic (exact) mass is 190 g/mol. The van der Waals surface area contributed by atoms with E-state index in [1.807, 2.05) is 0 Å². The van der Waals surface area contributed by atoms with Gasteiger partial charge < -0.3 is 9.47 Å². The molecule has 0 radical (unpaired) electrons. The van der Waals surface area contributed by atoms with Crippen molar-refractivity contribution in [2.24, 2.45) is 0 Å². The van der Waals surface area contributed by atoms with Crippen LogP contribution < -0.4 is 9.47 Å². The number of aryl methyl sites for hydroxylation is 1. The van der Waals surface area contributed by atoms with Crippen LogP contribution in [0.25, 0.3) is 0 Å². The molecular formula is C8H5F3O2. The first-order valence-electron chi connectivity index (χ1n) is 3.54. The summed E-state index contributed by atoms with van der Waals surface area (Å²) in [6.45, 7) is 1.57. The summed E-state index contributed by atoms with van der Waals surface area (Å²) in [4.78, 5) is 0. The van der Waals surface area contributed by atoms with E-state index in [2.05, 4.69) is 9.47 Å². The van der Waals surface area contributed by atoms with Crippen LogP contribution >= 0.6 is 0 Å². The van der Waals surface area contributed by atoms with Crippen molar-refractivity contribution >= 4 is 0 Å². The third-order valence-electron chi connectivity index (χ3n) is 1.60. The first kappa shape index (κ1) is 8.22. The summed E-state index contributed by atoms with van der Waals surface area (Å²) in [6, 6.07) is 2.39. The number of fused-ring (bicyclic) bond motifs is 1. The molecule has 0 fully saturated rings.